The van der Waals surface area contributed by atoms with Gasteiger partial charge in [0.15, 0.2) is 0 Å². The lowest BCUT2D eigenvalue weighted by atomic mass is 9.79. The predicted octanol–water partition coefficient (Wildman–Crippen LogP) is 4.02. The van der Waals surface area contributed by atoms with E-state index < -0.39 is 0 Å². The van der Waals surface area contributed by atoms with Crippen LogP contribution in [0.2, 0.25) is 0 Å². The summed E-state index contributed by atoms with van der Waals surface area (Å²) in [4.78, 5) is 12.3. The molecule has 1 aromatic carbocycles. The van der Waals surface area contributed by atoms with Crippen molar-refractivity contribution in [1.82, 2.24) is 5.32 Å². The fourth-order valence-corrected chi connectivity index (χ4v) is 3.99. The molecule has 0 saturated heterocycles. The van der Waals surface area contributed by atoms with Crippen LogP contribution < -0.4 is 10.6 Å². The van der Waals surface area contributed by atoms with Crippen LogP contribution in [0.5, 0.6) is 0 Å². The maximum Gasteiger partial charge on any atom is 0.224 e. The van der Waals surface area contributed by atoms with Gasteiger partial charge in [-0.15, -0.1) is 0 Å². The highest BCUT2D eigenvalue weighted by Crippen LogP contribution is 2.32. The number of halogens is 1. The number of amides is 1. The molecule has 3 nitrogen and oxygen atoms in total. The quantitative estimate of drug-likeness (QED) is 0.880. The molecule has 126 valence electrons. The van der Waals surface area contributed by atoms with Gasteiger partial charge in [0.05, 0.1) is 5.69 Å². The molecule has 23 heavy (non-hydrogen) atoms. The van der Waals surface area contributed by atoms with Crippen LogP contribution in [0.3, 0.4) is 0 Å². The molecule has 1 aliphatic heterocycles. The van der Waals surface area contributed by atoms with E-state index in [2.05, 4.69) is 17.6 Å². The summed E-state index contributed by atoms with van der Waals surface area (Å²) in [5.41, 5.74) is 2.09. The summed E-state index contributed by atoms with van der Waals surface area (Å²) < 4.78 is 14.6. The van der Waals surface area contributed by atoms with Crippen LogP contribution in [0.15, 0.2) is 12.1 Å². The van der Waals surface area contributed by atoms with Crippen molar-refractivity contribution in [1.29, 1.82) is 0 Å². The second-order valence-electron chi connectivity index (χ2n) is 7.12. The Bertz CT molecular complexity index is 567. The zero-order valence-electron chi connectivity index (χ0n) is 14.0. The Labute approximate surface area is 138 Å². The van der Waals surface area contributed by atoms with Gasteiger partial charge in [0.1, 0.15) is 5.82 Å². The minimum Gasteiger partial charge on any atom is -0.324 e. The molecule has 4 heteroatoms. The Hall–Kier alpha value is -1.42. The minimum absolute atomic E-state index is 0.0594. The van der Waals surface area contributed by atoms with Crippen LogP contribution >= 0.6 is 0 Å². The third-order valence-electron chi connectivity index (χ3n) is 5.44. The van der Waals surface area contributed by atoms with Crippen molar-refractivity contribution in [2.75, 3.05) is 11.9 Å². The van der Waals surface area contributed by atoms with E-state index in [4.69, 9.17) is 0 Å². The van der Waals surface area contributed by atoms with E-state index in [1.807, 2.05) is 6.07 Å². The van der Waals surface area contributed by atoms with Crippen molar-refractivity contribution in [3.05, 3.63) is 29.1 Å². The van der Waals surface area contributed by atoms with Crippen molar-refractivity contribution in [3.63, 3.8) is 0 Å². The van der Waals surface area contributed by atoms with Crippen LogP contribution in [0, 0.1) is 17.7 Å². The zero-order chi connectivity index (χ0) is 16.2. The van der Waals surface area contributed by atoms with E-state index in [0.717, 1.165) is 17.7 Å². The normalized spacial score (nSPS) is 19.9. The number of nitrogens with one attached hydrogen (secondary N) is 2. The van der Waals surface area contributed by atoms with E-state index in [-0.39, 0.29) is 11.7 Å². The lowest BCUT2D eigenvalue weighted by molar-refractivity contribution is -0.117. The standard InChI is InChI=1S/C19H27FN2O/c1-13(14-5-3-2-4-6-14)11-18(23)22-17-8-7-15-12-21-10-9-16(15)19(17)20/h7-8,13-14,21H,2-6,9-12H2,1H3,(H,22,23). The van der Waals surface area contributed by atoms with Gasteiger partial charge >= 0.3 is 0 Å². The van der Waals surface area contributed by atoms with Gasteiger partial charge in [-0.2, -0.15) is 0 Å². The number of carbonyl (C=O) groups excluding carboxylic acids is 1. The molecule has 1 atom stereocenters. The molecule has 3 rings (SSSR count). The van der Waals surface area contributed by atoms with Crippen molar-refractivity contribution >= 4 is 11.6 Å². The summed E-state index contributed by atoms with van der Waals surface area (Å²) in [6.07, 6.45) is 7.52. The first kappa shape index (κ1) is 16.4. The number of hydrogen-bond acceptors (Lipinski definition) is 2. The molecular formula is C19H27FN2O. The molecule has 1 heterocycles. The van der Waals surface area contributed by atoms with Gasteiger partial charge in [-0.25, -0.2) is 4.39 Å². The lowest BCUT2D eigenvalue weighted by Gasteiger charge is -2.27. The Kier molecular flexibility index (Phi) is 5.31. The smallest absolute Gasteiger partial charge is 0.224 e. The van der Waals surface area contributed by atoms with Crippen LogP contribution in [-0.2, 0) is 17.8 Å². The Morgan fingerprint density at radius 2 is 2.13 bits per heavy atom. The Balaban J connectivity index is 1.61. The van der Waals surface area contributed by atoms with Gasteiger partial charge < -0.3 is 10.6 Å². The maximum atomic E-state index is 14.6. The summed E-state index contributed by atoms with van der Waals surface area (Å²) in [5.74, 6) is 0.715. The molecule has 1 aliphatic carbocycles. The SMILES string of the molecule is CC(CC(=O)Nc1ccc2c(c1F)CCNC2)C1CCCCC1. The van der Waals surface area contributed by atoms with Crippen molar-refractivity contribution < 1.29 is 9.18 Å². The molecule has 1 unspecified atom stereocenters. The molecule has 0 spiro atoms. The van der Waals surface area contributed by atoms with E-state index in [0.29, 0.717) is 36.9 Å². The third kappa shape index (κ3) is 3.92. The number of anilines is 1. The summed E-state index contributed by atoms with van der Waals surface area (Å²) in [7, 11) is 0. The molecule has 2 N–H and O–H groups in total. The molecule has 1 fully saturated rings. The first-order valence-corrected chi connectivity index (χ1v) is 8.96. The molecule has 0 bridgehead atoms. The van der Waals surface area contributed by atoms with Gasteiger partial charge in [0.25, 0.3) is 0 Å². The lowest BCUT2D eigenvalue weighted by Crippen LogP contribution is -2.26. The van der Waals surface area contributed by atoms with Gasteiger partial charge in [0.2, 0.25) is 5.91 Å². The third-order valence-corrected chi connectivity index (χ3v) is 5.44. The fraction of sp³-hybridized carbons (Fsp3) is 0.632. The molecular weight excluding hydrogens is 291 g/mol. The Morgan fingerprint density at radius 3 is 2.91 bits per heavy atom. The second kappa shape index (κ2) is 7.43. The summed E-state index contributed by atoms with van der Waals surface area (Å²) in [6.45, 7) is 3.66. The number of rotatable bonds is 4. The molecule has 1 amide bonds. The molecule has 0 aromatic heterocycles. The van der Waals surface area contributed by atoms with Crippen molar-refractivity contribution in [2.24, 2.45) is 11.8 Å². The minimum atomic E-state index is -0.248. The number of carbonyl (C=O) groups is 1. The van der Waals surface area contributed by atoms with Gasteiger partial charge in [-0.3, -0.25) is 4.79 Å². The van der Waals surface area contributed by atoms with E-state index in [9.17, 15) is 9.18 Å². The fourth-order valence-electron chi connectivity index (χ4n) is 3.99. The summed E-state index contributed by atoms with van der Waals surface area (Å²) in [6, 6.07) is 3.62. The number of hydrogen-bond donors (Lipinski definition) is 2. The molecule has 2 aliphatic rings. The average molecular weight is 318 g/mol. The van der Waals surface area contributed by atoms with E-state index in [1.165, 1.54) is 32.1 Å². The van der Waals surface area contributed by atoms with Crippen LogP contribution in [0.1, 0.15) is 56.6 Å². The van der Waals surface area contributed by atoms with Gasteiger partial charge in [-0.1, -0.05) is 45.1 Å². The largest absolute Gasteiger partial charge is 0.324 e. The topological polar surface area (TPSA) is 41.1 Å². The highest BCUT2D eigenvalue weighted by atomic mass is 19.1. The predicted molar refractivity (Wildman–Crippen MR) is 90.8 cm³/mol. The Morgan fingerprint density at radius 1 is 1.35 bits per heavy atom. The molecule has 0 radical (unpaired) electrons. The monoisotopic (exact) mass is 318 g/mol. The number of fused-ring (bicyclic) bond motifs is 1. The highest BCUT2D eigenvalue weighted by molar-refractivity contribution is 5.91. The summed E-state index contributed by atoms with van der Waals surface area (Å²) >= 11 is 0. The van der Waals surface area contributed by atoms with Gasteiger partial charge in [0, 0.05) is 13.0 Å². The van der Waals surface area contributed by atoms with Crippen molar-refractivity contribution in [2.45, 2.75) is 58.4 Å². The van der Waals surface area contributed by atoms with E-state index in [1.54, 1.807) is 6.07 Å². The number of benzene rings is 1. The zero-order valence-corrected chi connectivity index (χ0v) is 14.0. The first-order valence-electron chi connectivity index (χ1n) is 8.96. The van der Waals surface area contributed by atoms with Crippen LogP contribution in [0.25, 0.3) is 0 Å². The second-order valence-corrected chi connectivity index (χ2v) is 7.12. The first-order chi connectivity index (χ1) is 11.1. The molecule has 1 aromatic rings. The maximum absolute atomic E-state index is 14.6. The van der Waals surface area contributed by atoms with Crippen LogP contribution in [0.4, 0.5) is 10.1 Å². The summed E-state index contributed by atoms with van der Waals surface area (Å²) in [5, 5.41) is 6.03. The van der Waals surface area contributed by atoms with Crippen molar-refractivity contribution in [3.8, 4) is 0 Å². The average Bonchev–Trinajstić information content (AvgIpc) is 2.58. The van der Waals surface area contributed by atoms with Crippen LogP contribution in [-0.4, -0.2) is 12.5 Å². The van der Waals surface area contributed by atoms with Gasteiger partial charge in [-0.05, 0) is 42.0 Å². The van der Waals surface area contributed by atoms with E-state index >= 15 is 0 Å². The highest BCUT2D eigenvalue weighted by Gasteiger charge is 2.23. The molecule has 1 saturated carbocycles.